The molecule has 9 nitrogen and oxygen atoms in total. The Morgan fingerprint density at radius 1 is 1.21 bits per heavy atom. The molecule has 0 aliphatic carbocycles. The van der Waals surface area contributed by atoms with Crippen LogP contribution < -0.4 is 14.8 Å². The third kappa shape index (κ3) is 5.05. The van der Waals surface area contributed by atoms with Gasteiger partial charge in [0.1, 0.15) is 5.75 Å². The average Bonchev–Trinajstić information content (AvgIpc) is 2.63. The maximum atomic E-state index is 12.5. The van der Waals surface area contributed by atoms with Crippen molar-refractivity contribution in [1.82, 2.24) is 4.72 Å². The second-order valence-electron chi connectivity index (χ2n) is 5.94. The topological polar surface area (TPSA) is 128 Å². The number of nitrogens with zero attached hydrogens (tertiary/aromatic N) is 1. The summed E-state index contributed by atoms with van der Waals surface area (Å²) in [4.78, 5) is 22.8. The Labute approximate surface area is 162 Å². The molecule has 0 aliphatic heterocycles. The van der Waals surface area contributed by atoms with Gasteiger partial charge in [-0.2, -0.15) is 4.72 Å². The normalized spacial score (nSPS) is 12.2. The van der Waals surface area contributed by atoms with E-state index >= 15 is 0 Å². The molecule has 1 amide bonds. The Morgan fingerprint density at radius 3 is 2.43 bits per heavy atom. The van der Waals surface area contributed by atoms with Gasteiger partial charge in [-0.1, -0.05) is 6.07 Å². The predicted octanol–water partition coefficient (Wildman–Crippen LogP) is 2.61. The lowest BCUT2D eigenvalue weighted by atomic mass is 10.1. The molecule has 1 atom stereocenters. The summed E-state index contributed by atoms with van der Waals surface area (Å²) < 4.78 is 32.5. The second-order valence-corrected chi connectivity index (χ2v) is 7.66. The molecule has 2 aromatic rings. The maximum Gasteiger partial charge on any atom is 0.274 e. The van der Waals surface area contributed by atoms with Gasteiger partial charge in [-0.25, -0.2) is 8.42 Å². The molecule has 0 spiro atoms. The van der Waals surface area contributed by atoms with E-state index in [0.717, 1.165) is 0 Å². The van der Waals surface area contributed by atoms with Crippen molar-refractivity contribution in [3.05, 3.63) is 58.1 Å². The molecular weight excluding hydrogens is 386 g/mol. The lowest BCUT2D eigenvalue weighted by Gasteiger charge is -2.15. The highest BCUT2D eigenvalue weighted by molar-refractivity contribution is 7.89. The van der Waals surface area contributed by atoms with Gasteiger partial charge in [0.25, 0.3) is 5.69 Å². The molecule has 2 rings (SSSR count). The number of hydrogen-bond donors (Lipinski definition) is 2. The number of hydrogen-bond acceptors (Lipinski definition) is 6. The first-order chi connectivity index (χ1) is 13.2. The van der Waals surface area contributed by atoms with Crippen molar-refractivity contribution in [3.8, 4) is 5.75 Å². The fourth-order valence-corrected chi connectivity index (χ4v) is 3.64. The zero-order valence-corrected chi connectivity index (χ0v) is 16.4. The first-order valence-corrected chi connectivity index (χ1v) is 9.94. The first-order valence-electron chi connectivity index (χ1n) is 8.45. The second kappa shape index (κ2) is 8.81. The third-order valence-electron chi connectivity index (χ3n) is 3.93. The Balaban J connectivity index is 2.11. The van der Waals surface area contributed by atoms with Gasteiger partial charge in [-0.3, -0.25) is 14.9 Å². The monoisotopic (exact) mass is 407 g/mol. The van der Waals surface area contributed by atoms with Crippen LogP contribution in [0.1, 0.15) is 19.4 Å². The van der Waals surface area contributed by atoms with Crippen molar-refractivity contribution in [2.24, 2.45) is 0 Å². The summed E-state index contributed by atoms with van der Waals surface area (Å²) in [5, 5.41) is 13.5. The zero-order valence-electron chi connectivity index (χ0n) is 15.6. The summed E-state index contributed by atoms with van der Waals surface area (Å²) in [6, 6.07) is 8.97. The number of sulfonamides is 1. The van der Waals surface area contributed by atoms with Crippen LogP contribution in [0.5, 0.6) is 5.75 Å². The molecule has 0 fully saturated rings. The molecule has 0 aromatic heterocycles. The summed E-state index contributed by atoms with van der Waals surface area (Å²) >= 11 is 0. The van der Waals surface area contributed by atoms with E-state index in [2.05, 4.69) is 10.0 Å². The van der Waals surface area contributed by atoms with E-state index in [-0.39, 0.29) is 21.8 Å². The molecule has 0 aliphatic rings. The number of benzene rings is 2. The average molecular weight is 407 g/mol. The van der Waals surface area contributed by atoms with E-state index < -0.39 is 26.9 Å². The van der Waals surface area contributed by atoms with Crippen molar-refractivity contribution in [2.75, 3.05) is 11.9 Å². The fourth-order valence-electron chi connectivity index (χ4n) is 2.43. The number of nitro groups is 1. The van der Waals surface area contributed by atoms with E-state index in [1.165, 1.54) is 56.3 Å². The van der Waals surface area contributed by atoms with Crippen LogP contribution in [0.15, 0.2) is 47.4 Å². The first kappa shape index (κ1) is 21.3. The summed E-state index contributed by atoms with van der Waals surface area (Å²) in [5.41, 5.74) is 0.383. The summed E-state index contributed by atoms with van der Waals surface area (Å²) in [5.74, 6) is -0.105. The molecule has 0 unspecified atom stereocenters. The van der Waals surface area contributed by atoms with Gasteiger partial charge in [0.15, 0.2) is 0 Å². The summed E-state index contributed by atoms with van der Waals surface area (Å²) in [6.07, 6.45) is 0. The maximum absolute atomic E-state index is 12.5. The minimum absolute atomic E-state index is 0.0119. The molecule has 0 bridgehead atoms. The smallest absolute Gasteiger partial charge is 0.274 e. The van der Waals surface area contributed by atoms with Crippen molar-refractivity contribution < 1.29 is 22.9 Å². The Hall–Kier alpha value is -2.98. The highest BCUT2D eigenvalue weighted by atomic mass is 32.2. The predicted molar refractivity (Wildman–Crippen MR) is 104 cm³/mol. The molecule has 0 heterocycles. The fraction of sp³-hybridized carbons (Fsp3) is 0.278. The van der Waals surface area contributed by atoms with Crippen LogP contribution in [0.2, 0.25) is 0 Å². The minimum Gasteiger partial charge on any atom is -0.494 e. The molecule has 28 heavy (non-hydrogen) atoms. The number of carbonyl (C=O) groups excluding carboxylic acids is 1. The lowest BCUT2D eigenvalue weighted by molar-refractivity contribution is -0.385. The van der Waals surface area contributed by atoms with Gasteiger partial charge < -0.3 is 10.1 Å². The van der Waals surface area contributed by atoms with Crippen LogP contribution in [0.3, 0.4) is 0 Å². The van der Waals surface area contributed by atoms with Gasteiger partial charge in [0.2, 0.25) is 15.9 Å². The number of nitro benzene ring substituents is 1. The number of anilines is 1. The molecule has 0 saturated heterocycles. The van der Waals surface area contributed by atoms with Crippen LogP contribution in [0.4, 0.5) is 11.4 Å². The van der Waals surface area contributed by atoms with E-state index in [1.807, 2.05) is 6.92 Å². The molecule has 10 heteroatoms. The number of nitrogens with one attached hydrogen (secondary N) is 2. The number of amides is 1. The standard InChI is InChI=1S/C18H21N3O6S/c1-4-27-14-8-10-15(11-9-14)28(25,26)20-13(3)18(22)19-16-6-5-7-17(12(16)2)21(23)24/h5-11,13,20H,4H2,1-3H3,(H,19,22)/t13-/m0/s1. The van der Waals surface area contributed by atoms with Gasteiger partial charge in [-0.15, -0.1) is 0 Å². The summed E-state index contributed by atoms with van der Waals surface area (Å²) in [7, 11) is -3.93. The number of ether oxygens (including phenoxy) is 1. The summed E-state index contributed by atoms with van der Waals surface area (Å²) in [6.45, 7) is 5.16. The van der Waals surface area contributed by atoms with Crippen LogP contribution >= 0.6 is 0 Å². The molecular formula is C18H21N3O6S. The van der Waals surface area contributed by atoms with E-state index in [9.17, 15) is 23.3 Å². The van der Waals surface area contributed by atoms with Crippen molar-refractivity contribution >= 4 is 27.3 Å². The Kier molecular flexibility index (Phi) is 6.71. The molecule has 0 saturated carbocycles. The number of rotatable bonds is 8. The van der Waals surface area contributed by atoms with E-state index in [1.54, 1.807) is 0 Å². The lowest BCUT2D eigenvalue weighted by Crippen LogP contribution is -2.41. The highest BCUT2D eigenvalue weighted by Crippen LogP contribution is 2.25. The van der Waals surface area contributed by atoms with Crippen molar-refractivity contribution in [2.45, 2.75) is 31.7 Å². The third-order valence-corrected chi connectivity index (χ3v) is 5.49. The van der Waals surface area contributed by atoms with Crippen molar-refractivity contribution in [3.63, 3.8) is 0 Å². The molecule has 2 aromatic carbocycles. The van der Waals surface area contributed by atoms with E-state index in [0.29, 0.717) is 12.4 Å². The SMILES string of the molecule is CCOc1ccc(S(=O)(=O)N[C@@H](C)C(=O)Nc2cccc([N+](=O)[O-])c2C)cc1. The van der Waals surface area contributed by atoms with Crippen LogP contribution in [0.25, 0.3) is 0 Å². The van der Waals surface area contributed by atoms with Gasteiger partial charge in [0.05, 0.1) is 33.7 Å². The minimum atomic E-state index is -3.93. The largest absolute Gasteiger partial charge is 0.494 e. The zero-order chi connectivity index (χ0) is 20.9. The Morgan fingerprint density at radius 2 is 1.86 bits per heavy atom. The van der Waals surface area contributed by atoms with Crippen LogP contribution in [-0.2, 0) is 14.8 Å². The number of carbonyl (C=O) groups is 1. The van der Waals surface area contributed by atoms with Gasteiger partial charge >= 0.3 is 0 Å². The van der Waals surface area contributed by atoms with Crippen molar-refractivity contribution in [1.29, 1.82) is 0 Å². The quantitative estimate of drug-likeness (QED) is 0.511. The highest BCUT2D eigenvalue weighted by Gasteiger charge is 2.23. The molecule has 150 valence electrons. The molecule has 2 N–H and O–H groups in total. The van der Waals surface area contributed by atoms with Crippen LogP contribution in [0, 0.1) is 17.0 Å². The van der Waals surface area contributed by atoms with Gasteiger partial charge in [-0.05, 0) is 51.1 Å². The van der Waals surface area contributed by atoms with Gasteiger partial charge in [0, 0.05) is 6.07 Å². The van der Waals surface area contributed by atoms with Crippen LogP contribution in [-0.4, -0.2) is 31.9 Å². The Bertz CT molecular complexity index is 973. The van der Waals surface area contributed by atoms with E-state index in [4.69, 9.17) is 4.74 Å². The molecule has 0 radical (unpaired) electrons.